The van der Waals surface area contributed by atoms with E-state index in [-0.39, 0.29) is 5.92 Å². The second kappa shape index (κ2) is 4.09. The van der Waals surface area contributed by atoms with Crippen LogP contribution in [0, 0.1) is 11.8 Å². The first-order valence-electron chi connectivity index (χ1n) is 3.43. The van der Waals surface area contributed by atoms with Gasteiger partial charge in [-0.3, -0.25) is 4.79 Å². The maximum Gasteiger partial charge on any atom is 0.306 e. The topological polar surface area (TPSA) is 37.3 Å². The summed E-state index contributed by atoms with van der Waals surface area (Å²) in [6, 6.07) is 0. The van der Waals surface area contributed by atoms with Gasteiger partial charge in [0.1, 0.15) is 0 Å². The van der Waals surface area contributed by atoms with Crippen molar-refractivity contribution in [2.75, 3.05) is 0 Å². The Kier molecular flexibility index (Phi) is 3.77. The molecule has 0 heterocycles. The van der Waals surface area contributed by atoms with E-state index in [0.717, 1.165) is 0 Å². The summed E-state index contributed by atoms with van der Waals surface area (Å²) in [6.45, 7) is 7.26. The van der Waals surface area contributed by atoms with Crippen molar-refractivity contribution in [2.45, 2.75) is 20.3 Å². The van der Waals surface area contributed by atoms with Gasteiger partial charge in [-0.05, 0) is 12.3 Å². The van der Waals surface area contributed by atoms with Crippen molar-refractivity contribution in [3.8, 4) is 0 Å². The normalized spacial score (nSPS) is 15.8. The number of hydrogen-bond donors (Lipinski definition) is 1. The van der Waals surface area contributed by atoms with Crippen LogP contribution < -0.4 is 0 Å². The Morgan fingerprint density at radius 1 is 1.70 bits per heavy atom. The maximum atomic E-state index is 10.3. The Hall–Kier alpha value is -0.790. The van der Waals surface area contributed by atoms with Gasteiger partial charge in [-0.15, -0.1) is 6.58 Å². The summed E-state index contributed by atoms with van der Waals surface area (Å²) in [7, 11) is 0. The van der Waals surface area contributed by atoms with Crippen molar-refractivity contribution in [3.63, 3.8) is 0 Å². The minimum Gasteiger partial charge on any atom is -0.481 e. The third-order valence-electron chi connectivity index (χ3n) is 1.55. The van der Waals surface area contributed by atoms with Crippen LogP contribution in [-0.2, 0) is 4.79 Å². The van der Waals surface area contributed by atoms with Crippen molar-refractivity contribution in [1.82, 2.24) is 0 Å². The van der Waals surface area contributed by atoms with Crippen LogP contribution in [0.5, 0.6) is 0 Å². The van der Waals surface area contributed by atoms with Crippen LogP contribution in [0.3, 0.4) is 0 Å². The van der Waals surface area contributed by atoms with E-state index in [1.54, 1.807) is 13.0 Å². The van der Waals surface area contributed by atoms with Crippen LogP contribution in [-0.4, -0.2) is 11.1 Å². The Balaban J connectivity index is 3.67. The van der Waals surface area contributed by atoms with E-state index in [4.69, 9.17) is 5.11 Å². The van der Waals surface area contributed by atoms with Gasteiger partial charge < -0.3 is 5.11 Å². The summed E-state index contributed by atoms with van der Waals surface area (Å²) in [5.74, 6) is -0.687. The molecule has 10 heavy (non-hydrogen) atoms. The van der Waals surface area contributed by atoms with Gasteiger partial charge in [0, 0.05) is 0 Å². The molecule has 58 valence electrons. The van der Waals surface area contributed by atoms with Crippen LogP contribution in [0.2, 0.25) is 0 Å². The second-order valence-electron chi connectivity index (χ2n) is 2.69. The Bertz CT molecular complexity index is 129. The average molecular weight is 142 g/mol. The third-order valence-corrected chi connectivity index (χ3v) is 1.55. The zero-order chi connectivity index (χ0) is 8.15. The first-order chi connectivity index (χ1) is 4.57. The lowest BCUT2D eigenvalue weighted by Crippen LogP contribution is -2.11. The Morgan fingerprint density at radius 2 is 2.20 bits per heavy atom. The van der Waals surface area contributed by atoms with Crippen LogP contribution in [0.25, 0.3) is 0 Å². The third kappa shape index (κ3) is 3.28. The number of aliphatic carboxylic acids is 1. The smallest absolute Gasteiger partial charge is 0.306 e. The number of carboxylic acids is 1. The largest absolute Gasteiger partial charge is 0.481 e. The quantitative estimate of drug-likeness (QED) is 0.609. The zero-order valence-electron chi connectivity index (χ0n) is 6.50. The van der Waals surface area contributed by atoms with Crippen LogP contribution in [0.15, 0.2) is 12.7 Å². The van der Waals surface area contributed by atoms with Gasteiger partial charge in [-0.2, -0.15) is 0 Å². The molecule has 0 radical (unpaired) electrons. The minimum atomic E-state index is -0.728. The molecule has 0 amide bonds. The van der Waals surface area contributed by atoms with E-state index >= 15 is 0 Å². The molecule has 2 heteroatoms. The van der Waals surface area contributed by atoms with Gasteiger partial charge in [0.15, 0.2) is 0 Å². The van der Waals surface area contributed by atoms with Crippen molar-refractivity contribution in [3.05, 3.63) is 12.7 Å². The number of hydrogen-bond acceptors (Lipinski definition) is 1. The molecule has 0 aromatic carbocycles. The summed E-state index contributed by atoms with van der Waals surface area (Å²) in [5, 5.41) is 8.49. The van der Waals surface area contributed by atoms with E-state index in [1.165, 1.54) is 0 Å². The highest BCUT2D eigenvalue weighted by atomic mass is 16.4. The van der Waals surface area contributed by atoms with Crippen molar-refractivity contribution < 1.29 is 9.90 Å². The van der Waals surface area contributed by atoms with Gasteiger partial charge in [0.25, 0.3) is 0 Å². The van der Waals surface area contributed by atoms with Crippen LogP contribution >= 0.6 is 0 Å². The van der Waals surface area contributed by atoms with Crippen LogP contribution in [0.1, 0.15) is 20.3 Å². The summed E-state index contributed by atoms with van der Waals surface area (Å²) in [5.41, 5.74) is 0. The van der Waals surface area contributed by atoms with Crippen molar-refractivity contribution >= 4 is 5.97 Å². The monoisotopic (exact) mass is 142 g/mol. The van der Waals surface area contributed by atoms with E-state index in [0.29, 0.717) is 12.3 Å². The molecule has 0 spiro atoms. The first-order valence-corrected chi connectivity index (χ1v) is 3.43. The molecular weight excluding hydrogens is 128 g/mol. The predicted molar refractivity (Wildman–Crippen MR) is 40.8 cm³/mol. The lowest BCUT2D eigenvalue weighted by Gasteiger charge is -2.08. The molecule has 0 aliphatic rings. The molecule has 0 bridgehead atoms. The molecule has 0 aliphatic carbocycles. The standard InChI is InChI=1S/C8H14O2/c1-4-6(2)5-7(3)8(9)10/h4,6-7H,1,5H2,2-3H3,(H,9,10). The van der Waals surface area contributed by atoms with Gasteiger partial charge in [-0.1, -0.05) is 19.9 Å². The Morgan fingerprint density at radius 3 is 2.50 bits per heavy atom. The number of allylic oxidation sites excluding steroid dienone is 1. The fourth-order valence-corrected chi connectivity index (χ4v) is 0.755. The minimum absolute atomic E-state index is 0.256. The van der Waals surface area contributed by atoms with Gasteiger partial charge in [0.2, 0.25) is 0 Å². The van der Waals surface area contributed by atoms with E-state index in [1.807, 2.05) is 6.92 Å². The molecule has 0 rings (SSSR count). The second-order valence-corrected chi connectivity index (χ2v) is 2.69. The fourth-order valence-electron chi connectivity index (χ4n) is 0.755. The average Bonchev–Trinajstić information content (AvgIpc) is 1.87. The molecule has 2 unspecified atom stereocenters. The first kappa shape index (κ1) is 9.21. The molecule has 0 aromatic rings. The summed E-state index contributed by atoms with van der Waals surface area (Å²) < 4.78 is 0. The van der Waals surface area contributed by atoms with Crippen LogP contribution in [0.4, 0.5) is 0 Å². The summed E-state index contributed by atoms with van der Waals surface area (Å²) >= 11 is 0. The predicted octanol–water partition coefficient (Wildman–Crippen LogP) is 1.92. The summed E-state index contributed by atoms with van der Waals surface area (Å²) in [4.78, 5) is 10.3. The number of rotatable bonds is 4. The van der Waals surface area contributed by atoms with Gasteiger partial charge in [-0.25, -0.2) is 0 Å². The highest BCUT2D eigenvalue weighted by Gasteiger charge is 2.12. The van der Waals surface area contributed by atoms with Gasteiger partial charge >= 0.3 is 5.97 Å². The molecular formula is C8H14O2. The highest BCUT2D eigenvalue weighted by Crippen LogP contribution is 2.11. The van der Waals surface area contributed by atoms with Gasteiger partial charge in [0.05, 0.1) is 5.92 Å². The fraction of sp³-hybridized carbons (Fsp3) is 0.625. The number of carboxylic acid groups (broad SMARTS) is 1. The zero-order valence-corrected chi connectivity index (χ0v) is 6.50. The molecule has 2 atom stereocenters. The molecule has 0 saturated heterocycles. The van der Waals surface area contributed by atoms with Crippen molar-refractivity contribution in [2.24, 2.45) is 11.8 Å². The molecule has 0 aromatic heterocycles. The lowest BCUT2D eigenvalue weighted by atomic mass is 9.98. The van der Waals surface area contributed by atoms with Crippen molar-refractivity contribution in [1.29, 1.82) is 0 Å². The SMILES string of the molecule is C=CC(C)CC(C)C(=O)O. The maximum absolute atomic E-state index is 10.3. The number of carbonyl (C=O) groups is 1. The molecule has 2 nitrogen and oxygen atoms in total. The Labute approximate surface area is 61.6 Å². The van der Waals surface area contributed by atoms with E-state index in [9.17, 15) is 4.79 Å². The molecule has 0 fully saturated rings. The molecule has 0 saturated carbocycles. The molecule has 1 N–H and O–H groups in total. The van der Waals surface area contributed by atoms with E-state index < -0.39 is 5.97 Å². The lowest BCUT2D eigenvalue weighted by molar-refractivity contribution is -0.141. The highest BCUT2D eigenvalue weighted by molar-refractivity contribution is 5.69. The summed E-state index contributed by atoms with van der Waals surface area (Å²) in [6.07, 6.45) is 2.46. The molecule has 0 aliphatic heterocycles. The van der Waals surface area contributed by atoms with E-state index in [2.05, 4.69) is 6.58 Å².